The highest BCUT2D eigenvalue weighted by molar-refractivity contribution is 7.25. The van der Waals surface area contributed by atoms with Gasteiger partial charge in [0.1, 0.15) is 0 Å². The largest absolute Gasteiger partial charge is 0.309 e. The fourth-order valence-corrected chi connectivity index (χ4v) is 11.2. The lowest BCUT2D eigenvalue weighted by Gasteiger charge is -2.16. The van der Waals surface area contributed by atoms with E-state index in [1.165, 1.54) is 57.9 Å². The van der Waals surface area contributed by atoms with E-state index in [1.54, 1.807) is 0 Å². The van der Waals surface area contributed by atoms with Crippen molar-refractivity contribution in [2.24, 2.45) is 0 Å². The van der Waals surface area contributed by atoms with Crippen LogP contribution in [0.4, 0.5) is 0 Å². The van der Waals surface area contributed by atoms with Gasteiger partial charge in [0.2, 0.25) is 0 Å². The molecule has 6 heteroatoms. The van der Waals surface area contributed by atoms with Gasteiger partial charge in [-0.15, -0.1) is 11.3 Å². The summed E-state index contributed by atoms with van der Waals surface area (Å²) >= 11 is 1.82. The molecule has 0 saturated carbocycles. The number of fused-ring (bicyclic) bond motifs is 11. The number of rotatable bonds is 5. The van der Waals surface area contributed by atoms with Crippen molar-refractivity contribution >= 4 is 96.7 Å². The fraction of sp³-hybridized carbons (Fsp3) is 0. The molecule has 4 heterocycles. The Morgan fingerprint density at radius 1 is 0.308 bits per heavy atom. The Bertz CT molecular complexity index is 4250. The monoisotopic (exact) mass is 845 g/mol. The lowest BCUT2D eigenvalue weighted by molar-refractivity contribution is 1.07. The summed E-state index contributed by atoms with van der Waals surface area (Å²) in [5, 5.41) is 11.9. The minimum Gasteiger partial charge on any atom is -0.309 e. The van der Waals surface area contributed by atoms with Gasteiger partial charge < -0.3 is 9.13 Å². The summed E-state index contributed by atoms with van der Waals surface area (Å²) in [6.07, 6.45) is 0. The minimum absolute atomic E-state index is 0.611. The molecule has 14 rings (SSSR count). The van der Waals surface area contributed by atoms with Crippen LogP contribution in [0.5, 0.6) is 0 Å². The first-order chi connectivity index (χ1) is 32.2. The van der Waals surface area contributed by atoms with E-state index in [2.05, 4.69) is 221 Å². The average Bonchev–Trinajstić information content (AvgIpc) is 4.02. The lowest BCUT2D eigenvalue weighted by atomic mass is 10.0. The molecule has 0 fully saturated rings. The Morgan fingerprint density at radius 2 is 0.862 bits per heavy atom. The van der Waals surface area contributed by atoms with E-state index < -0.39 is 0 Å². The highest BCUT2D eigenvalue weighted by Crippen LogP contribution is 2.44. The van der Waals surface area contributed by atoms with Gasteiger partial charge in [-0.1, -0.05) is 146 Å². The Hall–Kier alpha value is -8.45. The third-order valence-electron chi connectivity index (χ3n) is 13.1. The van der Waals surface area contributed by atoms with Crippen LogP contribution in [-0.4, -0.2) is 24.1 Å². The number of benzene rings is 10. The first-order valence-corrected chi connectivity index (χ1v) is 22.7. The molecule has 0 aliphatic carbocycles. The van der Waals surface area contributed by atoms with Gasteiger partial charge in [-0.2, -0.15) is 0 Å². The van der Waals surface area contributed by atoms with Crippen LogP contribution in [0.3, 0.4) is 0 Å². The van der Waals surface area contributed by atoms with E-state index in [4.69, 9.17) is 15.0 Å². The van der Waals surface area contributed by atoms with Crippen molar-refractivity contribution in [3.8, 4) is 45.5 Å². The Labute approximate surface area is 376 Å². The number of aromatic nitrogens is 5. The van der Waals surface area contributed by atoms with Gasteiger partial charge in [0.25, 0.3) is 0 Å². The Balaban J connectivity index is 1.09. The van der Waals surface area contributed by atoms with Crippen LogP contribution in [0, 0.1) is 0 Å². The van der Waals surface area contributed by atoms with Crippen molar-refractivity contribution in [1.29, 1.82) is 0 Å². The van der Waals surface area contributed by atoms with E-state index in [9.17, 15) is 0 Å². The Morgan fingerprint density at radius 3 is 1.65 bits per heavy atom. The van der Waals surface area contributed by atoms with Crippen LogP contribution >= 0.6 is 11.3 Å². The molecule has 0 bridgehead atoms. The second-order valence-electron chi connectivity index (χ2n) is 16.8. The molecule has 0 radical (unpaired) electrons. The number of nitrogens with zero attached hydrogens (tertiary/aromatic N) is 5. The topological polar surface area (TPSA) is 48.5 Å². The average molecular weight is 846 g/mol. The van der Waals surface area contributed by atoms with Crippen molar-refractivity contribution in [2.75, 3.05) is 0 Å². The van der Waals surface area contributed by atoms with Crippen molar-refractivity contribution in [1.82, 2.24) is 24.1 Å². The lowest BCUT2D eigenvalue weighted by Crippen LogP contribution is -2.04. The Kier molecular flexibility index (Phi) is 7.79. The molecule has 4 aromatic heterocycles. The summed E-state index contributed by atoms with van der Waals surface area (Å²) in [5.41, 5.74) is 9.40. The smallest absolute Gasteiger partial charge is 0.166 e. The van der Waals surface area contributed by atoms with Crippen molar-refractivity contribution in [2.45, 2.75) is 0 Å². The standard InChI is InChI=1S/C59H35N5S/c1-2-18-42(19-3-1)63-50-23-11-8-20-43(50)45-29-28-41(33-52(45)63)58-60-57(40-27-26-36-14-4-5-15-37(36)30-40)61-59(62-58)49-34-48-46-22-10-13-25-55(46)65-56(48)35-54(49)64-51-24-12-9-21-44(51)47-31-38-16-6-7-17-39(38)32-53(47)64/h1-35H. The van der Waals surface area contributed by atoms with Crippen LogP contribution < -0.4 is 0 Å². The van der Waals surface area contributed by atoms with Gasteiger partial charge >= 0.3 is 0 Å². The summed E-state index contributed by atoms with van der Waals surface area (Å²) in [6, 6.07) is 76.3. The number of hydrogen-bond donors (Lipinski definition) is 0. The normalized spacial score (nSPS) is 12.0. The molecule has 0 aliphatic heterocycles. The summed E-state index contributed by atoms with van der Waals surface area (Å²) < 4.78 is 7.23. The molecule has 10 aromatic carbocycles. The third kappa shape index (κ3) is 5.61. The molecule has 5 nitrogen and oxygen atoms in total. The van der Waals surface area contributed by atoms with Gasteiger partial charge in [0.05, 0.1) is 27.8 Å². The van der Waals surface area contributed by atoms with Crippen LogP contribution in [-0.2, 0) is 0 Å². The van der Waals surface area contributed by atoms with Crippen LogP contribution in [0.1, 0.15) is 0 Å². The molecule has 0 spiro atoms. The van der Waals surface area contributed by atoms with Gasteiger partial charge in [-0.25, -0.2) is 15.0 Å². The highest BCUT2D eigenvalue weighted by Gasteiger charge is 2.23. The number of hydrogen-bond acceptors (Lipinski definition) is 4. The minimum atomic E-state index is 0.611. The van der Waals surface area contributed by atoms with Crippen LogP contribution in [0.2, 0.25) is 0 Å². The predicted octanol–water partition coefficient (Wildman–Crippen LogP) is 15.7. The van der Waals surface area contributed by atoms with Crippen molar-refractivity contribution < 1.29 is 0 Å². The SMILES string of the molecule is c1ccc(-n2c3ccccc3c3ccc(-c4nc(-c5ccc6ccccc6c5)nc(-c5cc6c(cc5-n5c7ccccc7c7cc8ccccc8cc75)sc5ccccc56)n4)cc32)cc1. The molecule has 0 unspecified atom stereocenters. The molecule has 0 amide bonds. The zero-order valence-corrected chi connectivity index (χ0v) is 35.7. The maximum Gasteiger partial charge on any atom is 0.166 e. The van der Waals surface area contributed by atoms with Gasteiger partial charge in [-0.05, 0) is 88.3 Å². The molecule has 0 N–H and O–H groups in total. The quantitative estimate of drug-likeness (QED) is 0.173. The maximum absolute atomic E-state index is 5.54. The second kappa shape index (κ2) is 14.0. The second-order valence-corrected chi connectivity index (χ2v) is 17.9. The molecule has 65 heavy (non-hydrogen) atoms. The maximum atomic E-state index is 5.54. The molecular weight excluding hydrogens is 811 g/mol. The first-order valence-electron chi connectivity index (χ1n) is 21.9. The van der Waals surface area contributed by atoms with E-state index >= 15 is 0 Å². The first kappa shape index (κ1) is 36.1. The van der Waals surface area contributed by atoms with E-state index in [1.807, 2.05) is 11.3 Å². The summed E-state index contributed by atoms with van der Waals surface area (Å²) in [5.74, 6) is 1.84. The van der Waals surface area contributed by atoms with Crippen molar-refractivity contribution in [3.05, 3.63) is 212 Å². The molecule has 0 saturated heterocycles. The summed E-state index contributed by atoms with van der Waals surface area (Å²) in [7, 11) is 0. The summed E-state index contributed by atoms with van der Waals surface area (Å²) in [4.78, 5) is 16.4. The zero-order chi connectivity index (χ0) is 42.6. The predicted molar refractivity (Wildman–Crippen MR) is 273 cm³/mol. The van der Waals surface area contributed by atoms with E-state index in [0.717, 1.165) is 55.5 Å². The highest BCUT2D eigenvalue weighted by atomic mass is 32.1. The molecule has 0 atom stereocenters. The van der Waals surface area contributed by atoms with Crippen LogP contribution in [0.25, 0.3) is 131 Å². The van der Waals surface area contributed by atoms with Gasteiger partial charge in [0.15, 0.2) is 17.5 Å². The number of para-hydroxylation sites is 3. The molecule has 14 aromatic rings. The van der Waals surface area contributed by atoms with Crippen molar-refractivity contribution in [3.63, 3.8) is 0 Å². The van der Waals surface area contributed by atoms with Gasteiger partial charge in [0, 0.05) is 64.1 Å². The fourth-order valence-electron chi connectivity index (χ4n) is 10.1. The number of thiophene rings is 1. The van der Waals surface area contributed by atoms with E-state index in [0.29, 0.717) is 17.5 Å². The molecular formula is C59H35N5S. The van der Waals surface area contributed by atoms with Crippen LogP contribution in [0.15, 0.2) is 212 Å². The molecule has 0 aliphatic rings. The van der Waals surface area contributed by atoms with Gasteiger partial charge in [-0.3, -0.25) is 0 Å². The third-order valence-corrected chi connectivity index (χ3v) is 14.2. The molecule has 302 valence electrons. The van der Waals surface area contributed by atoms with E-state index in [-0.39, 0.29) is 0 Å². The zero-order valence-electron chi connectivity index (χ0n) is 34.9. The summed E-state index contributed by atoms with van der Waals surface area (Å²) in [6.45, 7) is 0.